The molecule has 3 aromatic heterocycles. The smallest absolute Gasteiger partial charge is 0.273 e. The summed E-state index contributed by atoms with van der Waals surface area (Å²) in [6, 6.07) is 10.9. The number of nitrogens with one attached hydrogen (secondary N) is 1. The standard InChI is InChI=1S/C21H20N4O3/c1-12-6-5-9-22-20(12)15-11-18(26)25-21(23-15)19(13(2)24-25)14-7-8-16(27-3)17(10-14)28-4/h5-11,24H,1-4H3. The van der Waals surface area contributed by atoms with Crippen LogP contribution in [0.25, 0.3) is 28.2 Å². The fraction of sp³-hybridized carbons (Fsp3) is 0.190. The van der Waals surface area contributed by atoms with E-state index in [1.54, 1.807) is 20.4 Å². The maximum absolute atomic E-state index is 12.7. The molecule has 0 aliphatic rings. The maximum atomic E-state index is 12.7. The van der Waals surface area contributed by atoms with Crippen LogP contribution in [-0.4, -0.2) is 33.8 Å². The first-order valence-corrected chi connectivity index (χ1v) is 8.80. The number of aromatic amines is 1. The third-order valence-corrected chi connectivity index (χ3v) is 4.72. The minimum atomic E-state index is -0.195. The first-order chi connectivity index (χ1) is 13.5. The predicted molar refractivity (Wildman–Crippen MR) is 107 cm³/mol. The van der Waals surface area contributed by atoms with Crippen LogP contribution >= 0.6 is 0 Å². The summed E-state index contributed by atoms with van der Waals surface area (Å²) in [6.07, 6.45) is 1.70. The molecule has 0 saturated heterocycles. The number of aromatic nitrogens is 4. The fourth-order valence-corrected chi connectivity index (χ4v) is 3.36. The van der Waals surface area contributed by atoms with Crippen LogP contribution in [0, 0.1) is 13.8 Å². The van der Waals surface area contributed by atoms with Gasteiger partial charge < -0.3 is 9.47 Å². The van der Waals surface area contributed by atoms with Gasteiger partial charge in [-0.25, -0.2) is 9.50 Å². The van der Waals surface area contributed by atoms with E-state index in [9.17, 15) is 4.79 Å². The number of methoxy groups -OCH3 is 2. The molecular formula is C21H20N4O3. The lowest BCUT2D eigenvalue weighted by Gasteiger charge is -2.10. The van der Waals surface area contributed by atoms with Crippen molar-refractivity contribution in [3.05, 3.63) is 64.2 Å². The molecule has 0 fully saturated rings. The van der Waals surface area contributed by atoms with Gasteiger partial charge in [-0.2, -0.15) is 0 Å². The summed E-state index contributed by atoms with van der Waals surface area (Å²) >= 11 is 0. The van der Waals surface area contributed by atoms with E-state index in [0.717, 1.165) is 22.4 Å². The van der Waals surface area contributed by atoms with Crippen LogP contribution in [0.2, 0.25) is 0 Å². The van der Waals surface area contributed by atoms with Crippen molar-refractivity contribution in [2.45, 2.75) is 13.8 Å². The molecule has 1 aromatic carbocycles. The summed E-state index contributed by atoms with van der Waals surface area (Å²) in [6.45, 7) is 3.86. The van der Waals surface area contributed by atoms with Gasteiger partial charge in [0.15, 0.2) is 17.1 Å². The second-order valence-electron chi connectivity index (χ2n) is 6.49. The molecule has 0 amide bonds. The van der Waals surface area contributed by atoms with Crippen molar-refractivity contribution in [2.75, 3.05) is 14.2 Å². The Morgan fingerprint density at radius 1 is 1.04 bits per heavy atom. The first kappa shape index (κ1) is 17.8. The number of pyridine rings is 1. The highest BCUT2D eigenvalue weighted by molar-refractivity contribution is 5.82. The zero-order chi connectivity index (χ0) is 19.8. The van der Waals surface area contributed by atoms with E-state index < -0.39 is 0 Å². The number of rotatable bonds is 4. The molecule has 0 spiro atoms. The van der Waals surface area contributed by atoms with Crippen LogP contribution in [0.1, 0.15) is 11.3 Å². The Morgan fingerprint density at radius 2 is 1.82 bits per heavy atom. The number of fused-ring (bicyclic) bond motifs is 1. The number of ether oxygens (including phenoxy) is 2. The number of aryl methyl sites for hydroxylation is 2. The number of H-pyrrole nitrogens is 1. The van der Waals surface area contributed by atoms with Gasteiger partial charge in [-0.3, -0.25) is 14.9 Å². The van der Waals surface area contributed by atoms with Gasteiger partial charge in [-0.1, -0.05) is 12.1 Å². The van der Waals surface area contributed by atoms with Crippen molar-refractivity contribution < 1.29 is 9.47 Å². The van der Waals surface area contributed by atoms with Gasteiger partial charge in [-0.05, 0) is 43.2 Å². The normalized spacial score (nSPS) is 11.0. The molecule has 0 atom stereocenters. The van der Waals surface area contributed by atoms with Crippen LogP contribution in [0.4, 0.5) is 0 Å². The largest absolute Gasteiger partial charge is 0.493 e. The summed E-state index contributed by atoms with van der Waals surface area (Å²) in [5.74, 6) is 1.25. The molecule has 1 N–H and O–H groups in total. The number of hydrogen-bond acceptors (Lipinski definition) is 5. The lowest BCUT2D eigenvalue weighted by molar-refractivity contribution is 0.355. The molecule has 7 heteroatoms. The van der Waals surface area contributed by atoms with Gasteiger partial charge >= 0.3 is 0 Å². The Labute approximate surface area is 161 Å². The van der Waals surface area contributed by atoms with Crippen LogP contribution in [0.15, 0.2) is 47.4 Å². The summed E-state index contributed by atoms with van der Waals surface area (Å²) in [5.41, 5.74) is 5.06. The lowest BCUT2D eigenvalue weighted by Crippen LogP contribution is -2.14. The molecule has 3 heterocycles. The highest BCUT2D eigenvalue weighted by Crippen LogP contribution is 2.35. The molecule has 7 nitrogen and oxygen atoms in total. The average Bonchev–Trinajstić information content (AvgIpc) is 3.04. The molecule has 0 unspecified atom stereocenters. The summed E-state index contributed by atoms with van der Waals surface area (Å²) in [5, 5.41) is 3.10. The van der Waals surface area contributed by atoms with E-state index in [1.165, 1.54) is 10.6 Å². The minimum Gasteiger partial charge on any atom is -0.493 e. The average molecular weight is 376 g/mol. The predicted octanol–water partition coefficient (Wildman–Crippen LogP) is 3.39. The Balaban J connectivity index is 1.99. The van der Waals surface area contributed by atoms with Gasteiger partial charge in [0, 0.05) is 23.5 Å². The number of hydrogen-bond donors (Lipinski definition) is 1. The molecule has 4 rings (SSSR count). The lowest BCUT2D eigenvalue weighted by atomic mass is 10.1. The second kappa shape index (κ2) is 6.84. The van der Waals surface area contributed by atoms with Gasteiger partial charge in [-0.15, -0.1) is 0 Å². The SMILES string of the molecule is COc1ccc(-c2c(C)[nH]n3c(=O)cc(-c4ncccc4C)nc23)cc1OC. The molecule has 0 saturated carbocycles. The van der Waals surface area contributed by atoms with Crippen LogP contribution in [0.5, 0.6) is 11.5 Å². The van der Waals surface area contributed by atoms with Crippen LogP contribution in [0.3, 0.4) is 0 Å². The van der Waals surface area contributed by atoms with Crippen molar-refractivity contribution in [3.8, 4) is 34.0 Å². The molecular weight excluding hydrogens is 356 g/mol. The van der Waals surface area contributed by atoms with Gasteiger partial charge in [0.25, 0.3) is 5.56 Å². The third-order valence-electron chi connectivity index (χ3n) is 4.72. The zero-order valence-electron chi connectivity index (χ0n) is 16.1. The Hall–Kier alpha value is -3.61. The quantitative estimate of drug-likeness (QED) is 0.590. The van der Waals surface area contributed by atoms with Gasteiger partial charge in [0.2, 0.25) is 0 Å². The van der Waals surface area contributed by atoms with E-state index in [4.69, 9.17) is 14.5 Å². The number of nitrogens with zero attached hydrogens (tertiary/aromatic N) is 3. The topological polar surface area (TPSA) is 81.5 Å². The summed E-state index contributed by atoms with van der Waals surface area (Å²) < 4.78 is 12.2. The molecule has 28 heavy (non-hydrogen) atoms. The van der Waals surface area contributed by atoms with Crippen molar-refractivity contribution in [1.82, 2.24) is 19.6 Å². The highest BCUT2D eigenvalue weighted by atomic mass is 16.5. The zero-order valence-corrected chi connectivity index (χ0v) is 16.1. The van der Waals surface area contributed by atoms with Crippen molar-refractivity contribution >= 4 is 5.65 Å². The molecule has 142 valence electrons. The summed E-state index contributed by atoms with van der Waals surface area (Å²) in [7, 11) is 3.19. The monoisotopic (exact) mass is 376 g/mol. The second-order valence-corrected chi connectivity index (χ2v) is 6.49. The van der Waals surface area contributed by atoms with E-state index in [0.29, 0.717) is 28.5 Å². The third kappa shape index (κ3) is 2.81. The summed E-state index contributed by atoms with van der Waals surface area (Å²) in [4.78, 5) is 21.9. The van der Waals surface area contributed by atoms with Crippen molar-refractivity contribution in [1.29, 1.82) is 0 Å². The first-order valence-electron chi connectivity index (χ1n) is 8.80. The molecule has 0 aliphatic heterocycles. The van der Waals surface area contributed by atoms with Crippen LogP contribution < -0.4 is 15.0 Å². The Morgan fingerprint density at radius 3 is 2.54 bits per heavy atom. The molecule has 0 aliphatic carbocycles. The van der Waals surface area contributed by atoms with Gasteiger partial charge in [0.05, 0.1) is 25.6 Å². The molecule has 0 bridgehead atoms. The van der Waals surface area contributed by atoms with E-state index >= 15 is 0 Å². The highest BCUT2D eigenvalue weighted by Gasteiger charge is 2.18. The maximum Gasteiger partial charge on any atom is 0.273 e. The molecule has 4 aromatic rings. The minimum absolute atomic E-state index is 0.195. The van der Waals surface area contributed by atoms with Crippen molar-refractivity contribution in [3.63, 3.8) is 0 Å². The van der Waals surface area contributed by atoms with Crippen molar-refractivity contribution in [2.24, 2.45) is 0 Å². The Kier molecular flexibility index (Phi) is 4.35. The fourth-order valence-electron chi connectivity index (χ4n) is 3.36. The Bertz CT molecular complexity index is 1240. The number of benzene rings is 1. The molecule has 0 radical (unpaired) electrons. The van der Waals surface area contributed by atoms with Crippen LogP contribution in [-0.2, 0) is 0 Å². The van der Waals surface area contributed by atoms with Gasteiger partial charge in [0.1, 0.15) is 0 Å². The van der Waals surface area contributed by atoms with E-state index in [-0.39, 0.29) is 5.56 Å². The van der Waals surface area contributed by atoms with E-state index in [2.05, 4.69) is 10.1 Å². The van der Waals surface area contributed by atoms with E-state index in [1.807, 2.05) is 44.2 Å².